The second-order valence-electron chi connectivity index (χ2n) is 4.50. The Hall–Kier alpha value is -1.14. The van der Waals surface area contributed by atoms with E-state index in [9.17, 15) is 9.59 Å². The number of unbranched alkanes of at least 4 members (excludes halogenated alkanes) is 1. The molecule has 0 aliphatic carbocycles. The lowest BCUT2D eigenvalue weighted by molar-refractivity contribution is -0.141. The van der Waals surface area contributed by atoms with E-state index in [4.69, 9.17) is 9.84 Å². The Balaban J connectivity index is 2.36. The molecule has 0 aromatic rings. The zero-order chi connectivity index (χ0) is 13.4. The molecule has 1 rings (SSSR count). The number of carboxylic acids is 1. The molecule has 104 valence electrons. The van der Waals surface area contributed by atoms with E-state index in [1.54, 1.807) is 0 Å². The number of carbonyl (C=O) groups excluding carboxylic acids is 1. The number of carbonyl (C=O) groups is 2. The molecule has 1 atom stereocenters. The standard InChI is InChI=1S/C12H22N2O4/c1-2-3-4-13-11(15)8-14-5-6-18-9-10(14)7-12(16)17/h10H,2-9H2,1H3,(H,13,15)(H,16,17). The summed E-state index contributed by atoms with van der Waals surface area (Å²) >= 11 is 0. The Morgan fingerprint density at radius 2 is 2.28 bits per heavy atom. The van der Waals surface area contributed by atoms with Gasteiger partial charge in [0.05, 0.1) is 26.2 Å². The van der Waals surface area contributed by atoms with Gasteiger partial charge in [-0.15, -0.1) is 0 Å². The second kappa shape index (κ2) is 8.05. The number of carboxylic acid groups (broad SMARTS) is 1. The number of nitrogens with zero attached hydrogens (tertiary/aromatic N) is 1. The van der Waals surface area contributed by atoms with Gasteiger partial charge in [-0.3, -0.25) is 14.5 Å². The van der Waals surface area contributed by atoms with Crippen LogP contribution in [0.2, 0.25) is 0 Å². The van der Waals surface area contributed by atoms with Crippen LogP contribution in [0.15, 0.2) is 0 Å². The highest BCUT2D eigenvalue weighted by atomic mass is 16.5. The number of morpholine rings is 1. The van der Waals surface area contributed by atoms with Crippen molar-refractivity contribution in [3.05, 3.63) is 0 Å². The van der Waals surface area contributed by atoms with Crippen LogP contribution in [0.4, 0.5) is 0 Å². The molecule has 0 saturated carbocycles. The Kier molecular flexibility index (Phi) is 6.67. The maximum Gasteiger partial charge on any atom is 0.305 e. The molecular weight excluding hydrogens is 236 g/mol. The molecular formula is C12H22N2O4. The van der Waals surface area contributed by atoms with Gasteiger partial charge < -0.3 is 15.2 Å². The molecule has 6 heteroatoms. The van der Waals surface area contributed by atoms with E-state index in [0.717, 1.165) is 12.8 Å². The Labute approximate surface area is 107 Å². The zero-order valence-corrected chi connectivity index (χ0v) is 10.9. The zero-order valence-electron chi connectivity index (χ0n) is 10.9. The van der Waals surface area contributed by atoms with Crippen LogP contribution in [0.3, 0.4) is 0 Å². The molecule has 1 fully saturated rings. The normalized spacial score (nSPS) is 20.6. The number of aliphatic carboxylic acids is 1. The molecule has 1 amide bonds. The van der Waals surface area contributed by atoms with Gasteiger partial charge in [0, 0.05) is 19.1 Å². The van der Waals surface area contributed by atoms with Crippen LogP contribution < -0.4 is 5.32 Å². The number of nitrogens with one attached hydrogen (secondary N) is 1. The molecule has 0 bridgehead atoms. The molecule has 1 unspecified atom stereocenters. The molecule has 2 N–H and O–H groups in total. The van der Waals surface area contributed by atoms with Crippen LogP contribution in [0.5, 0.6) is 0 Å². The SMILES string of the molecule is CCCCNC(=O)CN1CCOCC1CC(=O)O. The summed E-state index contributed by atoms with van der Waals surface area (Å²) in [6.45, 7) is 4.55. The lowest BCUT2D eigenvalue weighted by Crippen LogP contribution is -2.50. The Morgan fingerprint density at radius 1 is 1.50 bits per heavy atom. The van der Waals surface area contributed by atoms with Crippen molar-refractivity contribution in [1.82, 2.24) is 10.2 Å². The minimum Gasteiger partial charge on any atom is -0.481 e. The van der Waals surface area contributed by atoms with Gasteiger partial charge in [-0.2, -0.15) is 0 Å². The average Bonchev–Trinajstić information content (AvgIpc) is 2.31. The van der Waals surface area contributed by atoms with Crippen LogP contribution in [-0.2, 0) is 14.3 Å². The highest BCUT2D eigenvalue weighted by Gasteiger charge is 2.26. The molecule has 6 nitrogen and oxygen atoms in total. The van der Waals surface area contributed by atoms with Crippen molar-refractivity contribution in [3.63, 3.8) is 0 Å². The van der Waals surface area contributed by atoms with E-state index in [0.29, 0.717) is 26.3 Å². The summed E-state index contributed by atoms with van der Waals surface area (Å²) in [4.78, 5) is 24.3. The van der Waals surface area contributed by atoms with Crippen molar-refractivity contribution in [3.8, 4) is 0 Å². The first-order chi connectivity index (χ1) is 8.63. The van der Waals surface area contributed by atoms with Gasteiger partial charge in [0.2, 0.25) is 5.91 Å². The quantitative estimate of drug-likeness (QED) is 0.632. The smallest absolute Gasteiger partial charge is 0.305 e. The number of ether oxygens (including phenoxy) is 1. The van der Waals surface area contributed by atoms with E-state index in [2.05, 4.69) is 12.2 Å². The van der Waals surface area contributed by atoms with Crippen LogP contribution in [-0.4, -0.2) is 60.8 Å². The minimum absolute atomic E-state index is 0.0161. The molecule has 1 saturated heterocycles. The van der Waals surface area contributed by atoms with Gasteiger partial charge in [-0.05, 0) is 6.42 Å². The fourth-order valence-electron chi connectivity index (χ4n) is 1.93. The molecule has 0 spiro atoms. The first-order valence-corrected chi connectivity index (χ1v) is 6.43. The second-order valence-corrected chi connectivity index (χ2v) is 4.50. The molecule has 0 aromatic heterocycles. The molecule has 0 aromatic carbocycles. The van der Waals surface area contributed by atoms with Gasteiger partial charge in [-0.25, -0.2) is 0 Å². The molecule has 1 heterocycles. The number of hydrogen-bond donors (Lipinski definition) is 2. The van der Waals surface area contributed by atoms with E-state index in [1.165, 1.54) is 0 Å². The van der Waals surface area contributed by atoms with Crippen molar-refractivity contribution in [2.24, 2.45) is 0 Å². The van der Waals surface area contributed by atoms with Crippen molar-refractivity contribution in [1.29, 1.82) is 0 Å². The minimum atomic E-state index is -0.859. The van der Waals surface area contributed by atoms with Crippen molar-refractivity contribution in [2.45, 2.75) is 32.2 Å². The third-order valence-corrected chi connectivity index (χ3v) is 2.96. The molecule has 18 heavy (non-hydrogen) atoms. The third-order valence-electron chi connectivity index (χ3n) is 2.96. The first-order valence-electron chi connectivity index (χ1n) is 6.43. The molecule has 0 radical (unpaired) electrons. The van der Waals surface area contributed by atoms with Gasteiger partial charge in [-0.1, -0.05) is 13.3 Å². The van der Waals surface area contributed by atoms with Crippen molar-refractivity contribution < 1.29 is 19.4 Å². The summed E-state index contributed by atoms with van der Waals surface area (Å²) in [6, 6.07) is -0.201. The summed E-state index contributed by atoms with van der Waals surface area (Å²) in [5, 5.41) is 11.6. The fraction of sp³-hybridized carbons (Fsp3) is 0.833. The third kappa shape index (κ3) is 5.46. The predicted octanol–water partition coefficient (Wildman–Crippen LogP) is 0.0782. The lowest BCUT2D eigenvalue weighted by Gasteiger charge is -2.34. The summed E-state index contributed by atoms with van der Waals surface area (Å²) in [5.74, 6) is -0.900. The monoisotopic (exact) mass is 258 g/mol. The lowest BCUT2D eigenvalue weighted by atomic mass is 10.1. The summed E-state index contributed by atoms with van der Waals surface area (Å²) in [6.07, 6.45) is 2.02. The highest BCUT2D eigenvalue weighted by molar-refractivity contribution is 5.78. The topological polar surface area (TPSA) is 78.9 Å². The first kappa shape index (κ1) is 14.9. The van der Waals surface area contributed by atoms with Gasteiger partial charge in [0.1, 0.15) is 0 Å². The summed E-state index contributed by atoms with van der Waals surface area (Å²) < 4.78 is 5.26. The Morgan fingerprint density at radius 3 is 2.94 bits per heavy atom. The number of hydrogen-bond acceptors (Lipinski definition) is 4. The van der Waals surface area contributed by atoms with E-state index < -0.39 is 5.97 Å². The van der Waals surface area contributed by atoms with Crippen LogP contribution >= 0.6 is 0 Å². The van der Waals surface area contributed by atoms with Crippen molar-refractivity contribution >= 4 is 11.9 Å². The summed E-state index contributed by atoms with van der Waals surface area (Å²) in [5.41, 5.74) is 0. The molecule has 1 aliphatic heterocycles. The summed E-state index contributed by atoms with van der Waals surface area (Å²) in [7, 11) is 0. The number of amides is 1. The maximum absolute atomic E-state index is 11.7. The highest BCUT2D eigenvalue weighted by Crippen LogP contribution is 2.10. The largest absolute Gasteiger partial charge is 0.481 e. The molecule has 1 aliphatic rings. The fourth-order valence-corrected chi connectivity index (χ4v) is 1.93. The van der Waals surface area contributed by atoms with Gasteiger partial charge in [0.25, 0.3) is 0 Å². The van der Waals surface area contributed by atoms with Gasteiger partial charge in [0.15, 0.2) is 0 Å². The van der Waals surface area contributed by atoms with Crippen LogP contribution in [0, 0.1) is 0 Å². The predicted molar refractivity (Wildman–Crippen MR) is 66.4 cm³/mol. The van der Waals surface area contributed by atoms with E-state index in [1.807, 2.05) is 4.90 Å². The van der Waals surface area contributed by atoms with Crippen LogP contribution in [0.1, 0.15) is 26.2 Å². The maximum atomic E-state index is 11.7. The van der Waals surface area contributed by atoms with E-state index in [-0.39, 0.29) is 24.9 Å². The van der Waals surface area contributed by atoms with Crippen LogP contribution in [0.25, 0.3) is 0 Å². The average molecular weight is 258 g/mol. The van der Waals surface area contributed by atoms with E-state index >= 15 is 0 Å². The Bertz CT molecular complexity index is 283. The van der Waals surface area contributed by atoms with Crippen molar-refractivity contribution in [2.75, 3.05) is 32.8 Å². The number of rotatable bonds is 7. The van der Waals surface area contributed by atoms with Gasteiger partial charge >= 0.3 is 5.97 Å².